The number of rotatable bonds is 2. The monoisotopic (exact) mass is 300 g/mol. The molecule has 0 radical (unpaired) electrons. The Kier molecular flexibility index (Phi) is 3.84. The Bertz CT molecular complexity index is 684. The molecule has 2 aromatic rings. The lowest BCUT2D eigenvalue weighted by Gasteiger charge is -2.29. The number of fused-ring (bicyclic) bond motifs is 1. The van der Waals surface area contributed by atoms with Gasteiger partial charge in [0.1, 0.15) is 0 Å². The summed E-state index contributed by atoms with van der Waals surface area (Å²) in [6.45, 7) is 1.36. The molecule has 2 aromatic carbocycles. The number of hydrogen-bond acceptors (Lipinski definition) is 2. The third kappa shape index (κ3) is 3.03. The molecule has 1 aliphatic heterocycles. The first-order chi connectivity index (χ1) is 10.1. The molecule has 3 nitrogen and oxygen atoms in total. The number of carbonyl (C=O) groups is 1. The van der Waals surface area contributed by atoms with Gasteiger partial charge < -0.3 is 10.6 Å². The number of anilines is 1. The van der Waals surface area contributed by atoms with Crippen LogP contribution < -0.4 is 5.73 Å². The van der Waals surface area contributed by atoms with Crippen molar-refractivity contribution in [3.63, 3.8) is 0 Å². The fourth-order valence-electron chi connectivity index (χ4n) is 2.79. The van der Waals surface area contributed by atoms with Crippen molar-refractivity contribution in [2.45, 2.75) is 19.4 Å². The van der Waals surface area contributed by atoms with E-state index in [-0.39, 0.29) is 5.91 Å². The van der Waals surface area contributed by atoms with Gasteiger partial charge in [-0.15, -0.1) is 0 Å². The number of benzene rings is 2. The first kappa shape index (κ1) is 14.0. The van der Waals surface area contributed by atoms with Crippen molar-refractivity contribution in [1.82, 2.24) is 4.90 Å². The van der Waals surface area contributed by atoms with E-state index in [0.717, 1.165) is 29.8 Å². The molecule has 1 heterocycles. The standard InChI is InChI=1S/C17H17ClN2O/c18-14-5-1-3-12(9-14)10-17(21)20-8-7-15-13(11-20)4-2-6-16(15)19/h1-6,9H,7-8,10-11,19H2. The summed E-state index contributed by atoms with van der Waals surface area (Å²) in [5.74, 6) is 0.130. The summed E-state index contributed by atoms with van der Waals surface area (Å²) in [5.41, 5.74) is 10.1. The van der Waals surface area contributed by atoms with Crippen LogP contribution in [0.4, 0.5) is 5.69 Å². The van der Waals surface area contributed by atoms with Gasteiger partial charge in [0.2, 0.25) is 5.91 Å². The molecule has 3 rings (SSSR count). The molecule has 0 spiro atoms. The van der Waals surface area contributed by atoms with E-state index in [1.54, 1.807) is 0 Å². The van der Waals surface area contributed by atoms with Crippen LogP contribution >= 0.6 is 11.6 Å². The van der Waals surface area contributed by atoms with Gasteiger partial charge in [0.05, 0.1) is 6.42 Å². The molecule has 0 aromatic heterocycles. The number of halogens is 1. The molecule has 1 amide bonds. The molecule has 0 atom stereocenters. The summed E-state index contributed by atoms with van der Waals surface area (Å²) < 4.78 is 0. The zero-order valence-corrected chi connectivity index (χ0v) is 12.4. The summed E-state index contributed by atoms with van der Waals surface area (Å²) in [5, 5.41) is 0.664. The molecule has 21 heavy (non-hydrogen) atoms. The van der Waals surface area contributed by atoms with Crippen molar-refractivity contribution >= 4 is 23.2 Å². The zero-order valence-electron chi connectivity index (χ0n) is 11.7. The second-order valence-electron chi connectivity index (χ2n) is 5.36. The van der Waals surface area contributed by atoms with Crippen molar-refractivity contribution in [3.8, 4) is 0 Å². The number of nitrogens with zero attached hydrogens (tertiary/aromatic N) is 1. The summed E-state index contributed by atoms with van der Waals surface area (Å²) >= 11 is 5.96. The van der Waals surface area contributed by atoms with E-state index >= 15 is 0 Å². The van der Waals surface area contributed by atoms with E-state index < -0.39 is 0 Å². The van der Waals surface area contributed by atoms with Crippen molar-refractivity contribution in [2.75, 3.05) is 12.3 Å². The van der Waals surface area contributed by atoms with Crippen molar-refractivity contribution < 1.29 is 4.79 Å². The first-order valence-corrected chi connectivity index (χ1v) is 7.40. The van der Waals surface area contributed by atoms with E-state index in [1.807, 2.05) is 47.4 Å². The van der Waals surface area contributed by atoms with E-state index in [9.17, 15) is 4.79 Å². The minimum absolute atomic E-state index is 0.130. The van der Waals surface area contributed by atoms with Crippen LogP contribution in [0.1, 0.15) is 16.7 Å². The summed E-state index contributed by atoms with van der Waals surface area (Å²) in [7, 11) is 0. The summed E-state index contributed by atoms with van der Waals surface area (Å²) in [4.78, 5) is 14.3. The van der Waals surface area contributed by atoms with Gasteiger partial charge in [0, 0.05) is 23.8 Å². The predicted molar refractivity (Wildman–Crippen MR) is 85.1 cm³/mol. The highest BCUT2D eigenvalue weighted by molar-refractivity contribution is 6.30. The van der Waals surface area contributed by atoms with Crippen LogP contribution in [-0.2, 0) is 24.2 Å². The van der Waals surface area contributed by atoms with Gasteiger partial charge in [-0.3, -0.25) is 4.79 Å². The number of nitrogen functional groups attached to an aromatic ring is 1. The maximum Gasteiger partial charge on any atom is 0.227 e. The normalized spacial score (nSPS) is 13.9. The minimum atomic E-state index is 0.130. The number of nitrogens with two attached hydrogens (primary N) is 1. The molecule has 4 heteroatoms. The third-order valence-electron chi connectivity index (χ3n) is 3.90. The zero-order chi connectivity index (χ0) is 14.8. The second kappa shape index (κ2) is 5.78. The quantitative estimate of drug-likeness (QED) is 0.867. The average molecular weight is 301 g/mol. The van der Waals surface area contributed by atoms with Crippen molar-refractivity contribution in [3.05, 3.63) is 64.2 Å². The number of amides is 1. The Balaban J connectivity index is 1.72. The molecule has 0 fully saturated rings. The van der Waals surface area contributed by atoms with Crippen LogP contribution in [-0.4, -0.2) is 17.4 Å². The first-order valence-electron chi connectivity index (χ1n) is 7.02. The Morgan fingerprint density at radius 3 is 2.86 bits per heavy atom. The van der Waals surface area contributed by atoms with Crippen LogP contribution in [0.15, 0.2) is 42.5 Å². The summed E-state index contributed by atoms with van der Waals surface area (Å²) in [6, 6.07) is 13.4. The van der Waals surface area contributed by atoms with Crippen molar-refractivity contribution in [2.24, 2.45) is 0 Å². The second-order valence-corrected chi connectivity index (χ2v) is 5.79. The SMILES string of the molecule is Nc1cccc2c1CCN(C(=O)Cc1cccc(Cl)c1)C2. The maximum absolute atomic E-state index is 12.4. The van der Waals surface area contributed by atoms with Crippen LogP contribution in [0.3, 0.4) is 0 Å². The molecule has 0 unspecified atom stereocenters. The highest BCUT2D eigenvalue weighted by atomic mass is 35.5. The Hall–Kier alpha value is -2.00. The molecule has 0 saturated heterocycles. The third-order valence-corrected chi connectivity index (χ3v) is 4.13. The van der Waals surface area contributed by atoms with Gasteiger partial charge in [-0.05, 0) is 41.3 Å². The van der Waals surface area contributed by atoms with E-state index in [0.29, 0.717) is 18.0 Å². The molecule has 2 N–H and O–H groups in total. The van der Waals surface area contributed by atoms with Gasteiger partial charge in [-0.1, -0.05) is 35.9 Å². The highest BCUT2D eigenvalue weighted by Crippen LogP contribution is 2.24. The molecule has 0 aliphatic carbocycles. The predicted octanol–water partition coefficient (Wildman–Crippen LogP) is 3.05. The smallest absolute Gasteiger partial charge is 0.227 e. The van der Waals surface area contributed by atoms with Gasteiger partial charge >= 0.3 is 0 Å². The molecular weight excluding hydrogens is 284 g/mol. The Labute approximate surface area is 129 Å². The molecule has 0 bridgehead atoms. The molecule has 1 aliphatic rings. The van der Waals surface area contributed by atoms with Crippen LogP contribution in [0.25, 0.3) is 0 Å². The topological polar surface area (TPSA) is 46.3 Å². The molecular formula is C17H17ClN2O. The lowest BCUT2D eigenvalue weighted by atomic mass is 9.97. The lowest BCUT2D eigenvalue weighted by Crippen LogP contribution is -2.37. The summed E-state index contributed by atoms with van der Waals surface area (Å²) in [6.07, 6.45) is 1.21. The lowest BCUT2D eigenvalue weighted by molar-refractivity contribution is -0.131. The molecule has 0 saturated carbocycles. The van der Waals surface area contributed by atoms with Crippen LogP contribution in [0.5, 0.6) is 0 Å². The Morgan fingerprint density at radius 1 is 1.24 bits per heavy atom. The van der Waals surface area contributed by atoms with Crippen LogP contribution in [0, 0.1) is 0 Å². The fourth-order valence-corrected chi connectivity index (χ4v) is 3.00. The Morgan fingerprint density at radius 2 is 2.05 bits per heavy atom. The molecule has 108 valence electrons. The largest absolute Gasteiger partial charge is 0.398 e. The van der Waals surface area contributed by atoms with Crippen LogP contribution in [0.2, 0.25) is 5.02 Å². The minimum Gasteiger partial charge on any atom is -0.398 e. The van der Waals surface area contributed by atoms with E-state index in [2.05, 4.69) is 0 Å². The van der Waals surface area contributed by atoms with Gasteiger partial charge in [0.15, 0.2) is 0 Å². The number of carbonyl (C=O) groups excluding carboxylic acids is 1. The van der Waals surface area contributed by atoms with Gasteiger partial charge in [0.25, 0.3) is 0 Å². The van der Waals surface area contributed by atoms with E-state index in [1.165, 1.54) is 5.56 Å². The highest BCUT2D eigenvalue weighted by Gasteiger charge is 2.21. The van der Waals surface area contributed by atoms with Crippen molar-refractivity contribution in [1.29, 1.82) is 0 Å². The average Bonchev–Trinajstić information content (AvgIpc) is 2.47. The van der Waals surface area contributed by atoms with E-state index in [4.69, 9.17) is 17.3 Å². The fraction of sp³-hybridized carbons (Fsp3) is 0.235. The maximum atomic E-state index is 12.4. The number of hydrogen-bond donors (Lipinski definition) is 1. The van der Waals surface area contributed by atoms with Gasteiger partial charge in [-0.25, -0.2) is 0 Å². The van der Waals surface area contributed by atoms with Gasteiger partial charge in [-0.2, -0.15) is 0 Å².